The van der Waals surface area contributed by atoms with Crippen LogP contribution in [-0.4, -0.2) is 54.7 Å². The summed E-state index contributed by atoms with van der Waals surface area (Å²) in [6, 6.07) is 13.2. The van der Waals surface area contributed by atoms with Crippen LogP contribution in [0.2, 0.25) is 0 Å². The summed E-state index contributed by atoms with van der Waals surface area (Å²) in [6.45, 7) is 1.71. The Kier molecular flexibility index (Phi) is 6.66. The molecule has 0 saturated heterocycles. The highest BCUT2D eigenvalue weighted by Gasteiger charge is 2.30. The summed E-state index contributed by atoms with van der Waals surface area (Å²) in [5.41, 5.74) is 7.07. The second-order valence-corrected chi connectivity index (χ2v) is 7.51. The molecule has 0 saturated carbocycles. The zero-order chi connectivity index (χ0) is 22.5. The number of rotatable bonds is 6. The van der Waals surface area contributed by atoms with E-state index in [4.69, 9.17) is 5.73 Å². The number of amides is 4. The van der Waals surface area contributed by atoms with Crippen molar-refractivity contribution in [2.75, 3.05) is 35.7 Å². The Morgan fingerprint density at radius 2 is 1.81 bits per heavy atom. The van der Waals surface area contributed by atoms with Crippen LogP contribution in [0.5, 0.6) is 0 Å². The second-order valence-electron chi connectivity index (χ2n) is 7.51. The van der Waals surface area contributed by atoms with Crippen molar-refractivity contribution in [3.05, 3.63) is 54.1 Å². The number of likely N-dealkylation sites (N-methyl/N-ethyl adjacent to an activating group) is 1. The number of nitrogens with one attached hydrogen (secondary N) is 2. The molecule has 2 aromatic rings. The molecule has 4 N–H and O–H groups in total. The van der Waals surface area contributed by atoms with Crippen molar-refractivity contribution in [1.82, 2.24) is 4.90 Å². The zero-order valence-corrected chi connectivity index (χ0v) is 17.4. The van der Waals surface area contributed by atoms with Crippen LogP contribution in [0, 0.1) is 0 Å². The van der Waals surface area contributed by atoms with E-state index in [0.717, 1.165) is 0 Å². The molecule has 9 nitrogen and oxygen atoms in total. The topological polar surface area (TPSA) is 125 Å². The number of hydrogen-bond acceptors (Lipinski definition) is 5. The summed E-state index contributed by atoms with van der Waals surface area (Å²) in [5.74, 6) is -1.41. The van der Waals surface area contributed by atoms with Gasteiger partial charge in [-0.25, -0.2) is 0 Å². The molecule has 2 aromatic carbocycles. The van der Waals surface area contributed by atoms with Crippen LogP contribution in [0.3, 0.4) is 0 Å². The molecule has 0 aromatic heterocycles. The van der Waals surface area contributed by atoms with Crippen molar-refractivity contribution in [2.24, 2.45) is 5.73 Å². The van der Waals surface area contributed by atoms with E-state index in [2.05, 4.69) is 10.6 Å². The molecule has 0 aliphatic carbocycles. The smallest absolute Gasteiger partial charge is 0.250 e. The summed E-state index contributed by atoms with van der Waals surface area (Å²) in [4.78, 5) is 52.3. The Labute approximate surface area is 180 Å². The Bertz CT molecular complexity index is 1020. The third-order valence-corrected chi connectivity index (χ3v) is 4.91. The summed E-state index contributed by atoms with van der Waals surface area (Å²) in [6.07, 6.45) is 0.175. The van der Waals surface area contributed by atoms with E-state index in [0.29, 0.717) is 17.1 Å². The van der Waals surface area contributed by atoms with Gasteiger partial charge in [0.2, 0.25) is 17.7 Å². The molecule has 0 spiro atoms. The number of carbonyl (C=O) groups excluding carboxylic acids is 4. The van der Waals surface area contributed by atoms with Gasteiger partial charge in [-0.05, 0) is 38.2 Å². The number of nitrogens with two attached hydrogens (primary N) is 1. The van der Waals surface area contributed by atoms with Gasteiger partial charge in [0.05, 0.1) is 35.7 Å². The van der Waals surface area contributed by atoms with Gasteiger partial charge in [0, 0.05) is 12.5 Å². The second kappa shape index (κ2) is 9.40. The molecule has 1 atom stereocenters. The van der Waals surface area contributed by atoms with Crippen LogP contribution >= 0.6 is 0 Å². The molecule has 0 fully saturated rings. The van der Waals surface area contributed by atoms with Gasteiger partial charge in [0.15, 0.2) is 0 Å². The lowest BCUT2D eigenvalue weighted by Gasteiger charge is -2.29. The highest BCUT2D eigenvalue weighted by molar-refractivity contribution is 6.05. The van der Waals surface area contributed by atoms with E-state index in [9.17, 15) is 19.2 Å². The lowest BCUT2D eigenvalue weighted by Crippen LogP contribution is -2.45. The average molecular weight is 423 g/mol. The number of carbonyl (C=O) groups is 4. The SMILES string of the molecule is CC1CC(=O)Nc2ccccc2N1C(=O)CN(C)CC(=O)Nc1ccccc1C(N)=O. The minimum absolute atomic E-state index is 0.0300. The molecule has 1 unspecified atom stereocenters. The highest BCUT2D eigenvalue weighted by atomic mass is 16.2. The van der Waals surface area contributed by atoms with E-state index < -0.39 is 5.91 Å². The highest BCUT2D eigenvalue weighted by Crippen LogP contribution is 2.31. The number of hydrogen-bond donors (Lipinski definition) is 3. The zero-order valence-electron chi connectivity index (χ0n) is 17.4. The van der Waals surface area contributed by atoms with Crippen LogP contribution in [0.15, 0.2) is 48.5 Å². The normalized spacial score (nSPS) is 15.6. The number of anilines is 3. The Morgan fingerprint density at radius 3 is 2.55 bits per heavy atom. The van der Waals surface area contributed by atoms with Gasteiger partial charge in [-0.15, -0.1) is 0 Å². The van der Waals surface area contributed by atoms with Gasteiger partial charge >= 0.3 is 0 Å². The van der Waals surface area contributed by atoms with Crippen molar-refractivity contribution < 1.29 is 19.2 Å². The third-order valence-electron chi connectivity index (χ3n) is 4.91. The Morgan fingerprint density at radius 1 is 1.13 bits per heavy atom. The Balaban J connectivity index is 1.67. The predicted molar refractivity (Wildman–Crippen MR) is 118 cm³/mol. The first-order chi connectivity index (χ1) is 14.8. The van der Waals surface area contributed by atoms with Crippen LogP contribution in [0.25, 0.3) is 0 Å². The minimum Gasteiger partial charge on any atom is -0.366 e. The molecule has 1 heterocycles. The summed E-state index contributed by atoms with van der Waals surface area (Å²) < 4.78 is 0. The van der Waals surface area contributed by atoms with Crippen LogP contribution in [-0.2, 0) is 14.4 Å². The quantitative estimate of drug-likeness (QED) is 0.648. The first kappa shape index (κ1) is 22.0. The van der Waals surface area contributed by atoms with Crippen molar-refractivity contribution in [1.29, 1.82) is 0 Å². The summed E-state index contributed by atoms with van der Waals surface area (Å²) in [7, 11) is 1.65. The first-order valence-corrected chi connectivity index (χ1v) is 9.84. The maximum absolute atomic E-state index is 13.1. The molecule has 4 amide bonds. The van der Waals surface area contributed by atoms with E-state index in [1.807, 2.05) is 6.92 Å². The van der Waals surface area contributed by atoms with Gasteiger partial charge in [-0.1, -0.05) is 24.3 Å². The lowest BCUT2D eigenvalue weighted by atomic mass is 10.1. The van der Waals surface area contributed by atoms with Gasteiger partial charge in [0.25, 0.3) is 5.91 Å². The molecular formula is C22H25N5O4. The van der Waals surface area contributed by atoms with Crippen LogP contribution < -0.4 is 21.3 Å². The molecule has 1 aliphatic rings. The van der Waals surface area contributed by atoms with E-state index in [1.54, 1.807) is 59.3 Å². The molecule has 3 rings (SSSR count). The van der Waals surface area contributed by atoms with E-state index in [1.165, 1.54) is 6.07 Å². The fourth-order valence-electron chi connectivity index (χ4n) is 3.57. The molecule has 162 valence electrons. The van der Waals surface area contributed by atoms with Crippen LogP contribution in [0.1, 0.15) is 23.7 Å². The van der Waals surface area contributed by atoms with Crippen molar-refractivity contribution in [3.8, 4) is 0 Å². The van der Waals surface area contributed by atoms with Crippen molar-refractivity contribution in [3.63, 3.8) is 0 Å². The number of benzene rings is 2. The minimum atomic E-state index is -0.642. The van der Waals surface area contributed by atoms with Gasteiger partial charge < -0.3 is 21.3 Å². The first-order valence-electron chi connectivity index (χ1n) is 9.84. The largest absolute Gasteiger partial charge is 0.366 e. The van der Waals surface area contributed by atoms with Crippen molar-refractivity contribution in [2.45, 2.75) is 19.4 Å². The molecule has 0 bridgehead atoms. The average Bonchev–Trinajstić information content (AvgIpc) is 2.81. The maximum Gasteiger partial charge on any atom is 0.250 e. The summed E-state index contributed by atoms with van der Waals surface area (Å²) in [5, 5.41) is 5.47. The summed E-state index contributed by atoms with van der Waals surface area (Å²) >= 11 is 0. The standard InChI is InChI=1S/C22H25N5O4/c1-14-11-19(28)25-17-9-5-6-10-18(17)27(14)21(30)13-26(2)12-20(29)24-16-8-4-3-7-15(16)22(23)31/h3-10,14H,11-13H2,1-2H3,(H2,23,31)(H,24,29)(H,25,28). The number of fused-ring (bicyclic) bond motifs is 1. The monoisotopic (exact) mass is 423 g/mol. The molecule has 0 radical (unpaired) electrons. The molecule has 9 heteroatoms. The fourth-order valence-corrected chi connectivity index (χ4v) is 3.57. The predicted octanol–water partition coefficient (Wildman–Crippen LogP) is 1.42. The van der Waals surface area contributed by atoms with E-state index >= 15 is 0 Å². The van der Waals surface area contributed by atoms with Gasteiger partial charge in [-0.3, -0.25) is 24.1 Å². The van der Waals surface area contributed by atoms with Crippen LogP contribution in [0.4, 0.5) is 17.1 Å². The third kappa shape index (κ3) is 5.26. The van der Waals surface area contributed by atoms with E-state index in [-0.39, 0.29) is 48.8 Å². The van der Waals surface area contributed by atoms with Gasteiger partial charge in [0.1, 0.15) is 0 Å². The van der Waals surface area contributed by atoms with Crippen molar-refractivity contribution >= 4 is 40.7 Å². The lowest BCUT2D eigenvalue weighted by molar-refractivity contribution is -0.121. The fraction of sp³-hybridized carbons (Fsp3) is 0.273. The number of para-hydroxylation sites is 3. The molecule has 31 heavy (non-hydrogen) atoms. The number of primary amides is 1. The van der Waals surface area contributed by atoms with Gasteiger partial charge in [-0.2, -0.15) is 0 Å². The Hall–Kier alpha value is -3.72. The maximum atomic E-state index is 13.1. The number of nitrogens with zero attached hydrogens (tertiary/aromatic N) is 2. The molecular weight excluding hydrogens is 398 g/mol. The molecule has 1 aliphatic heterocycles.